The van der Waals surface area contributed by atoms with E-state index in [9.17, 15) is 0 Å². The molecule has 2 saturated heterocycles. The molecule has 2 aliphatic rings. The van der Waals surface area contributed by atoms with Gasteiger partial charge in [0.05, 0.1) is 22.3 Å². The standard InChI is InChI=1S/C13H15Cl2NO/c14-10-3-1-2-8(12(10)15)13(16)9-6-7-4-5-11(9)17-7/h1-3,7,9,11,13H,4-6,16H2. The molecule has 0 aromatic heterocycles. The zero-order chi connectivity index (χ0) is 12.0. The molecule has 2 fully saturated rings. The first kappa shape index (κ1) is 11.8. The fourth-order valence-corrected chi connectivity index (χ4v) is 3.50. The molecule has 0 saturated carbocycles. The molecule has 1 aromatic carbocycles. The van der Waals surface area contributed by atoms with Gasteiger partial charge in [0.1, 0.15) is 0 Å². The lowest BCUT2D eigenvalue weighted by atomic mass is 9.81. The summed E-state index contributed by atoms with van der Waals surface area (Å²) in [5, 5.41) is 1.16. The summed E-state index contributed by atoms with van der Waals surface area (Å²) in [5.74, 6) is 0.379. The molecule has 4 atom stereocenters. The fraction of sp³-hybridized carbons (Fsp3) is 0.538. The summed E-state index contributed by atoms with van der Waals surface area (Å²) in [6.45, 7) is 0. The summed E-state index contributed by atoms with van der Waals surface area (Å²) >= 11 is 12.2. The molecule has 2 nitrogen and oxygen atoms in total. The first-order chi connectivity index (χ1) is 8.16. The summed E-state index contributed by atoms with van der Waals surface area (Å²) in [6, 6.07) is 5.58. The minimum absolute atomic E-state index is 0.0727. The van der Waals surface area contributed by atoms with E-state index in [0.29, 0.717) is 28.2 Å². The maximum atomic E-state index is 6.33. The molecule has 2 bridgehead atoms. The molecule has 92 valence electrons. The SMILES string of the molecule is NC(c1cccc(Cl)c1Cl)C1CC2CCC1O2. The van der Waals surface area contributed by atoms with Gasteiger partial charge in [-0.25, -0.2) is 0 Å². The predicted octanol–water partition coefficient (Wildman–Crippen LogP) is 3.56. The quantitative estimate of drug-likeness (QED) is 0.893. The van der Waals surface area contributed by atoms with Crippen molar-refractivity contribution in [1.82, 2.24) is 0 Å². The minimum Gasteiger partial charge on any atom is -0.375 e. The van der Waals surface area contributed by atoms with Crippen molar-refractivity contribution >= 4 is 23.2 Å². The van der Waals surface area contributed by atoms with E-state index in [4.69, 9.17) is 33.7 Å². The third-order valence-corrected chi connectivity index (χ3v) is 4.79. The molecular formula is C13H15Cl2NO. The number of nitrogens with two attached hydrogens (primary N) is 1. The van der Waals surface area contributed by atoms with Crippen molar-refractivity contribution in [3.63, 3.8) is 0 Å². The second-order valence-electron chi connectivity index (χ2n) is 4.94. The number of ether oxygens (including phenoxy) is 1. The predicted molar refractivity (Wildman–Crippen MR) is 69.4 cm³/mol. The average molecular weight is 272 g/mol. The maximum absolute atomic E-state index is 6.33. The third kappa shape index (κ3) is 1.97. The van der Waals surface area contributed by atoms with Crippen LogP contribution in [0, 0.1) is 5.92 Å². The number of benzene rings is 1. The van der Waals surface area contributed by atoms with Crippen LogP contribution in [0.5, 0.6) is 0 Å². The van der Waals surface area contributed by atoms with E-state index in [1.54, 1.807) is 6.07 Å². The maximum Gasteiger partial charge on any atom is 0.0640 e. The number of halogens is 2. The Kier molecular flexibility index (Phi) is 3.07. The van der Waals surface area contributed by atoms with E-state index in [0.717, 1.165) is 18.4 Å². The molecule has 0 spiro atoms. The Hall–Kier alpha value is -0.280. The van der Waals surface area contributed by atoms with Gasteiger partial charge < -0.3 is 10.5 Å². The number of fused-ring (bicyclic) bond motifs is 2. The number of rotatable bonds is 2. The highest BCUT2D eigenvalue weighted by molar-refractivity contribution is 6.42. The van der Waals surface area contributed by atoms with Crippen LogP contribution in [0.15, 0.2) is 18.2 Å². The van der Waals surface area contributed by atoms with Gasteiger partial charge in [0.15, 0.2) is 0 Å². The Bertz CT molecular complexity index is 437. The smallest absolute Gasteiger partial charge is 0.0640 e. The largest absolute Gasteiger partial charge is 0.375 e. The van der Waals surface area contributed by atoms with Gasteiger partial charge in [-0.05, 0) is 30.9 Å². The van der Waals surface area contributed by atoms with Crippen LogP contribution in [0.3, 0.4) is 0 Å². The van der Waals surface area contributed by atoms with Crippen LogP contribution in [0.4, 0.5) is 0 Å². The lowest BCUT2D eigenvalue weighted by molar-refractivity contribution is 0.0885. The van der Waals surface area contributed by atoms with Gasteiger partial charge in [0.2, 0.25) is 0 Å². The van der Waals surface area contributed by atoms with Crippen LogP contribution in [0.1, 0.15) is 30.9 Å². The van der Waals surface area contributed by atoms with E-state index < -0.39 is 0 Å². The van der Waals surface area contributed by atoms with Crippen LogP contribution in [-0.4, -0.2) is 12.2 Å². The first-order valence-electron chi connectivity index (χ1n) is 6.02. The molecule has 0 aliphatic carbocycles. The third-order valence-electron chi connectivity index (χ3n) is 3.95. The highest BCUT2D eigenvalue weighted by atomic mass is 35.5. The molecule has 2 heterocycles. The first-order valence-corrected chi connectivity index (χ1v) is 6.77. The summed E-state index contributed by atoms with van der Waals surface area (Å²) in [5.41, 5.74) is 7.28. The van der Waals surface area contributed by atoms with Crippen LogP contribution >= 0.6 is 23.2 Å². The number of hydrogen-bond acceptors (Lipinski definition) is 2. The molecule has 0 amide bonds. The summed E-state index contributed by atoms with van der Waals surface area (Å²) < 4.78 is 5.84. The van der Waals surface area contributed by atoms with Crippen LogP contribution in [0.2, 0.25) is 10.0 Å². The zero-order valence-corrected chi connectivity index (χ0v) is 10.9. The Balaban J connectivity index is 1.86. The van der Waals surface area contributed by atoms with Crippen LogP contribution < -0.4 is 5.73 Å². The van der Waals surface area contributed by atoms with Gasteiger partial charge in [0, 0.05) is 12.0 Å². The van der Waals surface area contributed by atoms with Gasteiger partial charge in [-0.3, -0.25) is 0 Å². The van der Waals surface area contributed by atoms with Crippen molar-refractivity contribution in [2.45, 2.75) is 37.5 Å². The summed E-state index contributed by atoms with van der Waals surface area (Å²) in [7, 11) is 0. The highest BCUT2D eigenvalue weighted by Gasteiger charge is 2.44. The highest BCUT2D eigenvalue weighted by Crippen LogP contribution is 2.45. The average Bonchev–Trinajstić information content (AvgIpc) is 2.94. The molecule has 0 radical (unpaired) electrons. The van der Waals surface area contributed by atoms with Gasteiger partial charge in [0.25, 0.3) is 0 Å². The molecule has 4 heteroatoms. The zero-order valence-electron chi connectivity index (χ0n) is 9.40. The van der Waals surface area contributed by atoms with Crippen molar-refractivity contribution in [1.29, 1.82) is 0 Å². The lowest BCUT2D eigenvalue weighted by Crippen LogP contribution is -2.29. The van der Waals surface area contributed by atoms with E-state index >= 15 is 0 Å². The van der Waals surface area contributed by atoms with Crippen molar-refractivity contribution in [2.75, 3.05) is 0 Å². The van der Waals surface area contributed by atoms with Crippen molar-refractivity contribution < 1.29 is 4.74 Å². The molecule has 2 N–H and O–H groups in total. The van der Waals surface area contributed by atoms with Crippen LogP contribution in [-0.2, 0) is 4.74 Å². The molecule has 2 aliphatic heterocycles. The Morgan fingerprint density at radius 1 is 1.29 bits per heavy atom. The van der Waals surface area contributed by atoms with Gasteiger partial charge >= 0.3 is 0 Å². The van der Waals surface area contributed by atoms with Crippen molar-refractivity contribution in [3.8, 4) is 0 Å². The summed E-state index contributed by atoms with van der Waals surface area (Å²) in [4.78, 5) is 0. The van der Waals surface area contributed by atoms with Crippen molar-refractivity contribution in [3.05, 3.63) is 33.8 Å². The monoisotopic (exact) mass is 271 g/mol. The molecule has 1 aromatic rings. The number of hydrogen-bond donors (Lipinski definition) is 1. The molecular weight excluding hydrogens is 257 g/mol. The summed E-state index contributed by atoms with van der Waals surface area (Å²) in [6.07, 6.45) is 4.08. The van der Waals surface area contributed by atoms with Crippen LogP contribution in [0.25, 0.3) is 0 Å². The lowest BCUT2D eigenvalue weighted by Gasteiger charge is -2.26. The Labute approximate surface area is 111 Å². The second-order valence-corrected chi connectivity index (χ2v) is 5.73. The van der Waals surface area contributed by atoms with Gasteiger partial charge in [-0.2, -0.15) is 0 Å². The van der Waals surface area contributed by atoms with E-state index in [1.807, 2.05) is 12.1 Å². The molecule has 3 rings (SSSR count). The van der Waals surface area contributed by atoms with E-state index in [1.165, 1.54) is 6.42 Å². The van der Waals surface area contributed by atoms with Gasteiger partial charge in [-0.1, -0.05) is 35.3 Å². The normalized spacial score (nSPS) is 33.0. The molecule has 17 heavy (non-hydrogen) atoms. The Morgan fingerprint density at radius 3 is 2.76 bits per heavy atom. The van der Waals surface area contributed by atoms with Crippen molar-refractivity contribution in [2.24, 2.45) is 11.7 Å². The second kappa shape index (κ2) is 4.43. The van der Waals surface area contributed by atoms with E-state index in [2.05, 4.69) is 0 Å². The topological polar surface area (TPSA) is 35.2 Å². The van der Waals surface area contributed by atoms with Gasteiger partial charge in [-0.15, -0.1) is 0 Å². The molecule has 4 unspecified atom stereocenters. The fourth-order valence-electron chi connectivity index (χ4n) is 3.06. The minimum atomic E-state index is -0.0727. The Morgan fingerprint density at radius 2 is 2.12 bits per heavy atom. The van der Waals surface area contributed by atoms with E-state index in [-0.39, 0.29) is 6.04 Å².